The smallest absolute Gasteiger partial charge is 0.261 e. The molecule has 1 aromatic heterocycles. The Bertz CT molecular complexity index is 956. The van der Waals surface area contributed by atoms with Gasteiger partial charge in [-0.05, 0) is 68.3 Å². The molecule has 0 unspecified atom stereocenters. The molecule has 0 bridgehead atoms. The molecule has 0 atom stereocenters. The summed E-state index contributed by atoms with van der Waals surface area (Å²) in [5.74, 6) is 0. The van der Waals surface area contributed by atoms with Gasteiger partial charge in [-0.25, -0.2) is 8.42 Å². The normalized spacial score (nSPS) is 11.8. The van der Waals surface area contributed by atoms with E-state index in [1.165, 1.54) is 0 Å². The maximum atomic E-state index is 12.5. The van der Waals surface area contributed by atoms with Crippen molar-refractivity contribution < 1.29 is 8.42 Å². The Balaban J connectivity index is 1.96. The summed E-state index contributed by atoms with van der Waals surface area (Å²) in [5, 5.41) is 0.984. The molecule has 0 spiro atoms. The van der Waals surface area contributed by atoms with E-state index in [-0.39, 0.29) is 4.90 Å². The molecule has 3 aromatic rings. The fourth-order valence-electron chi connectivity index (χ4n) is 2.44. The highest BCUT2D eigenvalue weighted by Crippen LogP contribution is 2.23. The van der Waals surface area contributed by atoms with Crippen LogP contribution in [0, 0.1) is 20.8 Å². The summed E-state index contributed by atoms with van der Waals surface area (Å²) in [6.07, 6.45) is 0. The lowest BCUT2D eigenvalue weighted by atomic mass is 10.1. The van der Waals surface area contributed by atoms with Crippen LogP contribution in [0.5, 0.6) is 0 Å². The molecular weight excluding hydrogens is 296 g/mol. The monoisotopic (exact) mass is 314 g/mol. The molecule has 2 N–H and O–H groups in total. The second-order valence-corrected chi connectivity index (χ2v) is 7.29. The maximum Gasteiger partial charge on any atom is 0.261 e. The summed E-state index contributed by atoms with van der Waals surface area (Å²) in [6, 6.07) is 12.6. The fourth-order valence-corrected chi connectivity index (χ4v) is 3.57. The number of rotatable bonds is 3. The van der Waals surface area contributed by atoms with Crippen LogP contribution in [0.2, 0.25) is 0 Å². The molecule has 0 aliphatic heterocycles. The number of anilines is 1. The van der Waals surface area contributed by atoms with Crippen molar-refractivity contribution in [2.45, 2.75) is 25.7 Å². The van der Waals surface area contributed by atoms with Crippen molar-refractivity contribution in [3.8, 4) is 0 Å². The minimum absolute atomic E-state index is 0.279. The zero-order valence-corrected chi connectivity index (χ0v) is 13.6. The molecule has 0 saturated heterocycles. The highest BCUT2D eigenvalue weighted by molar-refractivity contribution is 7.92. The molecule has 5 heteroatoms. The van der Waals surface area contributed by atoms with Gasteiger partial charge in [0.05, 0.1) is 4.90 Å². The van der Waals surface area contributed by atoms with Crippen LogP contribution < -0.4 is 4.72 Å². The van der Waals surface area contributed by atoms with Gasteiger partial charge in [0.25, 0.3) is 10.0 Å². The summed E-state index contributed by atoms with van der Waals surface area (Å²) in [5.41, 5.74) is 4.63. The number of fused-ring (bicyclic) bond motifs is 1. The van der Waals surface area contributed by atoms with E-state index in [2.05, 4.69) is 9.71 Å². The van der Waals surface area contributed by atoms with Crippen LogP contribution in [0.25, 0.3) is 10.9 Å². The number of hydrogen-bond acceptors (Lipinski definition) is 2. The molecule has 2 aromatic carbocycles. The van der Waals surface area contributed by atoms with E-state index in [0.717, 1.165) is 27.7 Å². The van der Waals surface area contributed by atoms with Crippen molar-refractivity contribution in [1.82, 2.24) is 4.98 Å². The first-order valence-electron chi connectivity index (χ1n) is 7.04. The molecule has 1 heterocycles. The first kappa shape index (κ1) is 14.7. The average Bonchev–Trinajstić information content (AvgIpc) is 2.80. The van der Waals surface area contributed by atoms with Crippen LogP contribution in [0.1, 0.15) is 16.8 Å². The van der Waals surface area contributed by atoms with Crippen LogP contribution >= 0.6 is 0 Å². The van der Waals surface area contributed by atoms with E-state index in [1.807, 2.05) is 45.0 Å². The number of hydrogen-bond donors (Lipinski definition) is 2. The summed E-state index contributed by atoms with van der Waals surface area (Å²) < 4.78 is 27.6. The first-order chi connectivity index (χ1) is 10.3. The number of aromatic nitrogens is 1. The van der Waals surface area contributed by atoms with Gasteiger partial charge in [0.15, 0.2) is 0 Å². The molecule has 0 amide bonds. The summed E-state index contributed by atoms with van der Waals surface area (Å²) in [6.45, 7) is 5.84. The van der Waals surface area contributed by atoms with Gasteiger partial charge in [-0.1, -0.05) is 6.07 Å². The van der Waals surface area contributed by atoms with Crippen LogP contribution in [-0.4, -0.2) is 13.4 Å². The lowest BCUT2D eigenvalue weighted by Gasteiger charge is -2.10. The molecule has 4 nitrogen and oxygen atoms in total. The third kappa shape index (κ3) is 2.72. The SMILES string of the molecule is Cc1cc2cc(NS(=O)(=O)c3ccc(C)c(C)c3)ccc2[nH]1. The van der Waals surface area contributed by atoms with Crippen molar-refractivity contribution >= 4 is 26.6 Å². The van der Waals surface area contributed by atoms with Crippen LogP contribution in [0.3, 0.4) is 0 Å². The van der Waals surface area contributed by atoms with Crippen molar-refractivity contribution in [2.75, 3.05) is 4.72 Å². The lowest BCUT2D eigenvalue weighted by molar-refractivity contribution is 0.601. The van der Waals surface area contributed by atoms with E-state index in [0.29, 0.717) is 5.69 Å². The molecule has 114 valence electrons. The maximum absolute atomic E-state index is 12.5. The lowest BCUT2D eigenvalue weighted by Crippen LogP contribution is -2.13. The standard InChI is InChI=1S/C17H18N2O2S/c1-11-4-6-16(8-12(11)2)22(20,21)19-15-5-7-17-14(10-15)9-13(3)18-17/h4-10,18-19H,1-3H3. The van der Waals surface area contributed by atoms with Crippen LogP contribution in [-0.2, 0) is 10.0 Å². The first-order valence-corrected chi connectivity index (χ1v) is 8.53. The van der Waals surface area contributed by atoms with Gasteiger partial charge in [0, 0.05) is 22.3 Å². The minimum Gasteiger partial charge on any atom is -0.359 e. The van der Waals surface area contributed by atoms with Gasteiger partial charge in [-0.2, -0.15) is 0 Å². The second kappa shape index (κ2) is 5.18. The van der Waals surface area contributed by atoms with E-state index in [1.54, 1.807) is 18.2 Å². The number of nitrogens with one attached hydrogen (secondary N) is 2. The number of aromatic amines is 1. The summed E-state index contributed by atoms with van der Waals surface area (Å²) in [7, 11) is -3.57. The second-order valence-electron chi connectivity index (χ2n) is 5.61. The van der Waals surface area contributed by atoms with Gasteiger partial charge in [-0.3, -0.25) is 4.72 Å². The Morgan fingerprint density at radius 3 is 2.41 bits per heavy atom. The summed E-state index contributed by atoms with van der Waals surface area (Å²) in [4.78, 5) is 3.50. The molecule has 0 aliphatic rings. The molecule has 0 fully saturated rings. The highest BCUT2D eigenvalue weighted by atomic mass is 32.2. The molecule has 0 radical (unpaired) electrons. The average molecular weight is 314 g/mol. The van der Waals surface area contributed by atoms with Gasteiger partial charge < -0.3 is 4.98 Å². The number of aryl methyl sites for hydroxylation is 3. The van der Waals surface area contributed by atoms with Crippen LogP contribution in [0.4, 0.5) is 5.69 Å². The Kier molecular flexibility index (Phi) is 3.45. The van der Waals surface area contributed by atoms with E-state index >= 15 is 0 Å². The van der Waals surface area contributed by atoms with E-state index in [4.69, 9.17) is 0 Å². The molecule has 3 rings (SSSR count). The van der Waals surface area contributed by atoms with Crippen molar-refractivity contribution in [3.63, 3.8) is 0 Å². The van der Waals surface area contributed by atoms with Gasteiger partial charge >= 0.3 is 0 Å². The third-order valence-electron chi connectivity index (χ3n) is 3.80. The van der Waals surface area contributed by atoms with E-state index in [9.17, 15) is 8.42 Å². The Morgan fingerprint density at radius 2 is 1.68 bits per heavy atom. The summed E-state index contributed by atoms with van der Waals surface area (Å²) >= 11 is 0. The van der Waals surface area contributed by atoms with Gasteiger partial charge in [-0.15, -0.1) is 0 Å². The Morgan fingerprint density at radius 1 is 0.909 bits per heavy atom. The molecule has 0 aliphatic carbocycles. The minimum atomic E-state index is -3.57. The number of sulfonamides is 1. The van der Waals surface area contributed by atoms with Crippen molar-refractivity contribution in [2.24, 2.45) is 0 Å². The molecule has 0 saturated carbocycles. The van der Waals surface area contributed by atoms with E-state index < -0.39 is 10.0 Å². The highest BCUT2D eigenvalue weighted by Gasteiger charge is 2.15. The Labute approximate surface area is 130 Å². The van der Waals surface area contributed by atoms with Crippen LogP contribution in [0.15, 0.2) is 47.4 Å². The zero-order chi connectivity index (χ0) is 15.9. The number of benzene rings is 2. The van der Waals surface area contributed by atoms with Crippen molar-refractivity contribution in [1.29, 1.82) is 0 Å². The molecule has 22 heavy (non-hydrogen) atoms. The predicted molar refractivity (Wildman–Crippen MR) is 89.8 cm³/mol. The quantitative estimate of drug-likeness (QED) is 0.770. The van der Waals surface area contributed by atoms with Gasteiger partial charge in [0.2, 0.25) is 0 Å². The Hall–Kier alpha value is -2.27. The fraction of sp³-hybridized carbons (Fsp3) is 0.176. The molecular formula is C17H18N2O2S. The van der Waals surface area contributed by atoms with Gasteiger partial charge in [0.1, 0.15) is 0 Å². The zero-order valence-electron chi connectivity index (χ0n) is 12.8. The third-order valence-corrected chi connectivity index (χ3v) is 5.18. The topological polar surface area (TPSA) is 62.0 Å². The van der Waals surface area contributed by atoms with Crippen molar-refractivity contribution in [3.05, 3.63) is 59.3 Å². The largest absolute Gasteiger partial charge is 0.359 e. The predicted octanol–water partition coefficient (Wildman–Crippen LogP) is 3.89. The number of H-pyrrole nitrogens is 1.